The Balaban J connectivity index is 1.25. The molecule has 6 rings (SSSR count). The Morgan fingerprint density at radius 2 is 1.94 bits per heavy atom. The van der Waals surface area contributed by atoms with E-state index in [0.717, 1.165) is 40.0 Å². The largest absolute Gasteiger partial charge is 0.338 e. The van der Waals surface area contributed by atoms with E-state index in [2.05, 4.69) is 37.9 Å². The zero-order valence-electron chi connectivity index (χ0n) is 18.8. The lowest BCUT2D eigenvalue weighted by atomic mass is 10.2. The average molecular weight is 456 g/mol. The second kappa shape index (κ2) is 8.87. The van der Waals surface area contributed by atoms with E-state index in [1.165, 1.54) is 37.3 Å². The quantitative estimate of drug-likeness (QED) is 0.360. The Morgan fingerprint density at radius 3 is 2.82 bits per heavy atom. The molecule has 7 nitrogen and oxygen atoms in total. The number of fused-ring (bicyclic) bond motifs is 2. The second-order valence-electron chi connectivity index (χ2n) is 8.94. The van der Waals surface area contributed by atoms with Crippen LogP contribution in [0.2, 0.25) is 0 Å². The summed E-state index contributed by atoms with van der Waals surface area (Å²) in [4.78, 5) is 4.54. The second-order valence-corrected chi connectivity index (χ2v) is 8.94. The van der Waals surface area contributed by atoms with Gasteiger partial charge in [-0.3, -0.25) is 4.68 Å². The number of aromatic nitrogens is 5. The summed E-state index contributed by atoms with van der Waals surface area (Å²) >= 11 is 0. The molecule has 0 bridgehead atoms. The van der Waals surface area contributed by atoms with Crippen LogP contribution in [0.1, 0.15) is 36.8 Å². The molecule has 5 aromatic rings. The number of hydrogen-bond donors (Lipinski definition) is 2. The smallest absolute Gasteiger partial charge is 0.158 e. The highest BCUT2D eigenvalue weighted by Crippen LogP contribution is 2.26. The van der Waals surface area contributed by atoms with Gasteiger partial charge in [-0.15, -0.1) is 0 Å². The standard InChI is InChI=1S/C26H26FN7/c27-21-5-3-4-18(12-21)16-34-24-9-8-23(13-20(24)15-30-34)32-26-25-19(10-11-33(25)31-17-29-26)14-28-22-6-1-2-7-22/h3-5,8-13,15,17,22,28H,1-2,6-7,14,16H2,(H,29,31,32). The van der Waals surface area contributed by atoms with Crippen molar-refractivity contribution in [2.24, 2.45) is 0 Å². The first-order valence-corrected chi connectivity index (χ1v) is 11.7. The predicted molar refractivity (Wildman–Crippen MR) is 131 cm³/mol. The minimum Gasteiger partial charge on any atom is -0.338 e. The highest BCUT2D eigenvalue weighted by Gasteiger charge is 2.16. The minimum atomic E-state index is -0.236. The Kier molecular flexibility index (Phi) is 5.43. The molecule has 0 amide bonds. The van der Waals surface area contributed by atoms with Crippen molar-refractivity contribution in [3.8, 4) is 0 Å². The van der Waals surface area contributed by atoms with Gasteiger partial charge < -0.3 is 10.6 Å². The molecule has 0 atom stereocenters. The van der Waals surface area contributed by atoms with Gasteiger partial charge in [0.15, 0.2) is 5.82 Å². The lowest BCUT2D eigenvalue weighted by Gasteiger charge is -2.13. The molecule has 1 aliphatic rings. The number of hydrogen-bond acceptors (Lipinski definition) is 5. The van der Waals surface area contributed by atoms with Gasteiger partial charge in [0, 0.05) is 29.9 Å². The number of anilines is 2. The van der Waals surface area contributed by atoms with Crippen LogP contribution in [0.4, 0.5) is 15.9 Å². The van der Waals surface area contributed by atoms with E-state index in [1.807, 2.05) is 39.8 Å². The number of halogens is 1. The third kappa shape index (κ3) is 4.12. The summed E-state index contributed by atoms with van der Waals surface area (Å²) in [7, 11) is 0. The molecule has 0 saturated heterocycles. The maximum Gasteiger partial charge on any atom is 0.158 e. The van der Waals surface area contributed by atoms with Gasteiger partial charge >= 0.3 is 0 Å². The van der Waals surface area contributed by atoms with Crippen molar-refractivity contribution in [1.29, 1.82) is 0 Å². The third-order valence-electron chi connectivity index (χ3n) is 6.60. The Labute approximate surface area is 196 Å². The lowest BCUT2D eigenvalue weighted by Crippen LogP contribution is -2.25. The summed E-state index contributed by atoms with van der Waals surface area (Å²) in [5.41, 5.74) is 4.96. The SMILES string of the molecule is Fc1cccc(Cn2ncc3cc(Nc4ncnn5ccc(CNC6CCCC6)c45)ccc32)c1. The topological polar surface area (TPSA) is 72.1 Å². The normalized spacial score (nSPS) is 14.4. The van der Waals surface area contributed by atoms with E-state index in [1.54, 1.807) is 18.5 Å². The minimum absolute atomic E-state index is 0.236. The van der Waals surface area contributed by atoms with Gasteiger partial charge in [-0.25, -0.2) is 13.9 Å². The molecule has 3 aromatic heterocycles. The molecule has 2 aromatic carbocycles. The summed E-state index contributed by atoms with van der Waals surface area (Å²) in [6.45, 7) is 1.32. The molecule has 0 aliphatic heterocycles. The van der Waals surface area contributed by atoms with Crippen LogP contribution in [0.15, 0.2) is 67.3 Å². The number of rotatable bonds is 7. The van der Waals surface area contributed by atoms with Crippen LogP contribution in [0.5, 0.6) is 0 Å². The number of nitrogens with one attached hydrogen (secondary N) is 2. The molecule has 0 radical (unpaired) electrons. The van der Waals surface area contributed by atoms with Crippen LogP contribution in [-0.2, 0) is 13.1 Å². The molecular weight excluding hydrogens is 429 g/mol. The molecule has 172 valence electrons. The first kappa shape index (κ1) is 20.8. The maximum absolute atomic E-state index is 13.6. The predicted octanol–water partition coefficient (Wildman–Crippen LogP) is 5.04. The molecule has 1 fully saturated rings. The fourth-order valence-corrected chi connectivity index (χ4v) is 4.87. The highest BCUT2D eigenvalue weighted by atomic mass is 19.1. The van der Waals surface area contributed by atoms with Gasteiger partial charge in [0.05, 0.1) is 18.3 Å². The van der Waals surface area contributed by atoms with Gasteiger partial charge in [-0.1, -0.05) is 25.0 Å². The van der Waals surface area contributed by atoms with E-state index < -0.39 is 0 Å². The Bertz CT molecular complexity index is 1450. The molecular formula is C26H26FN7. The van der Waals surface area contributed by atoms with E-state index in [0.29, 0.717) is 12.6 Å². The summed E-state index contributed by atoms with van der Waals surface area (Å²) in [6.07, 6.45) is 10.5. The highest BCUT2D eigenvalue weighted by molar-refractivity contribution is 5.85. The maximum atomic E-state index is 13.6. The van der Waals surface area contributed by atoms with Gasteiger partial charge in [0.25, 0.3) is 0 Å². The zero-order valence-corrected chi connectivity index (χ0v) is 18.8. The van der Waals surface area contributed by atoms with Crippen LogP contribution in [-0.4, -0.2) is 30.4 Å². The van der Waals surface area contributed by atoms with E-state index in [9.17, 15) is 4.39 Å². The first-order valence-electron chi connectivity index (χ1n) is 11.7. The van der Waals surface area contributed by atoms with Gasteiger partial charge in [0.1, 0.15) is 17.7 Å². The van der Waals surface area contributed by atoms with Crippen molar-refractivity contribution in [3.05, 3.63) is 84.2 Å². The fourth-order valence-electron chi connectivity index (χ4n) is 4.87. The molecule has 3 heterocycles. The monoisotopic (exact) mass is 455 g/mol. The van der Waals surface area contributed by atoms with Gasteiger partial charge in [-0.05, 0) is 60.4 Å². The van der Waals surface area contributed by atoms with Crippen molar-refractivity contribution in [1.82, 2.24) is 29.7 Å². The average Bonchev–Trinajstić information content (AvgIpc) is 3.59. The van der Waals surface area contributed by atoms with Gasteiger partial charge in [-0.2, -0.15) is 10.2 Å². The summed E-state index contributed by atoms with van der Waals surface area (Å²) in [5.74, 6) is 0.537. The molecule has 1 saturated carbocycles. The summed E-state index contributed by atoms with van der Waals surface area (Å²) < 4.78 is 17.3. The fraction of sp³-hybridized carbons (Fsp3) is 0.269. The van der Waals surface area contributed by atoms with Crippen LogP contribution < -0.4 is 10.6 Å². The van der Waals surface area contributed by atoms with Crippen LogP contribution in [0.3, 0.4) is 0 Å². The summed E-state index contributed by atoms with van der Waals surface area (Å²) in [6, 6.07) is 15.4. The molecule has 0 unspecified atom stereocenters. The third-order valence-corrected chi connectivity index (χ3v) is 6.60. The molecule has 1 aliphatic carbocycles. The van der Waals surface area contributed by atoms with Crippen molar-refractivity contribution in [3.63, 3.8) is 0 Å². The van der Waals surface area contributed by atoms with E-state index in [4.69, 9.17) is 0 Å². The van der Waals surface area contributed by atoms with Crippen LogP contribution in [0.25, 0.3) is 16.4 Å². The Morgan fingerprint density at radius 1 is 1.03 bits per heavy atom. The van der Waals surface area contributed by atoms with Crippen LogP contribution in [0, 0.1) is 5.82 Å². The van der Waals surface area contributed by atoms with Crippen molar-refractivity contribution in [2.45, 2.75) is 44.8 Å². The van der Waals surface area contributed by atoms with Crippen LogP contribution >= 0.6 is 0 Å². The van der Waals surface area contributed by atoms with Gasteiger partial charge in [0.2, 0.25) is 0 Å². The van der Waals surface area contributed by atoms with E-state index in [-0.39, 0.29) is 5.82 Å². The van der Waals surface area contributed by atoms with Crippen molar-refractivity contribution in [2.75, 3.05) is 5.32 Å². The lowest BCUT2D eigenvalue weighted by molar-refractivity contribution is 0.525. The Hall–Kier alpha value is -3.78. The molecule has 34 heavy (non-hydrogen) atoms. The number of nitrogens with zero attached hydrogens (tertiary/aromatic N) is 5. The molecule has 2 N–H and O–H groups in total. The van der Waals surface area contributed by atoms with E-state index >= 15 is 0 Å². The first-order chi connectivity index (χ1) is 16.7. The molecule has 8 heteroatoms. The number of benzene rings is 2. The molecule has 0 spiro atoms. The zero-order chi connectivity index (χ0) is 22.9. The summed E-state index contributed by atoms with van der Waals surface area (Å²) in [5, 5.41) is 17.1. The van der Waals surface area contributed by atoms with Crippen molar-refractivity contribution < 1.29 is 4.39 Å². The van der Waals surface area contributed by atoms with Crippen molar-refractivity contribution >= 4 is 27.9 Å².